The first kappa shape index (κ1) is 19.4. The molecule has 0 radical (unpaired) electrons. The average Bonchev–Trinajstić information content (AvgIpc) is 3.22. The van der Waals surface area contributed by atoms with Crippen molar-refractivity contribution in [3.63, 3.8) is 0 Å². The number of hydrogen-bond acceptors (Lipinski definition) is 5. The summed E-state index contributed by atoms with van der Waals surface area (Å²) < 4.78 is 1.87. The van der Waals surface area contributed by atoms with Crippen LogP contribution in [0.2, 0.25) is 0 Å². The summed E-state index contributed by atoms with van der Waals surface area (Å²) in [7, 11) is 0. The van der Waals surface area contributed by atoms with Gasteiger partial charge < -0.3 is 5.32 Å². The Labute approximate surface area is 162 Å². The first-order valence-corrected chi connectivity index (χ1v) is 11.2. The van der Waals surface area contributed by atoms with E-state index in [1.807, 2.05) is 32.3 Å². The molecule has 0 bridgehead atoms. The topological polar surface area (TPSA) is 64.0 Å². The average molecular weight is 394 g/mol. The molecule has 1 atom stereocenters. The molecule has 0 spiro atoms. The zero-order valence-electron chi connectivity index (χ0n) is 15.9. The normalized spacial score (nSPS) is 16.3. The predicted octanol–water partition coefficient (Wildman–Crippen LogP) is 4.20. The monoisotopic (exact) mass is 393 g/mol. The van der Waals surface area contributed by atoms with Gasteiger partial charge in [0.05, 0.1) is 11.1 Å². The molecule has 1 aliphatic rings. The van der Waals surface area contributed by atoms with Gasteiger partial charge in [-0.1, -0.05) is 31.5 Å². The Morgan fingerprint density at radius 1 is 1.38 bits per heavy atom. The fourth-order valence-corrected chi connectivity index (χ4v) is 5.37. The molecule has 5 nitrogen and oxygen atoms in total. The second-order valence-electron chi connectivity index (χ2n) is 7.14. The third-order valence-corrected chi connectivity index (χ3v) is 7.30. The number of carbonyl (C=O) groups excluding carboxylic acids is 1. The van der Waals surface area contributed by atoms with Crippen LogP contribution in [0, 0.1) is 13.8 Å². The van der Waals surface area contributed by atoms with Gasteiger partial charge in [0.1, 0.15) is 4.83 Å². The highest BCUT2D eigenvalue weighted by Crippen LogP contribution is 2.34. The fraction of sp³-hybridized carbons (Fsp3) is 0.632. The molecule has 1 aliphatic carbocycles. The molecule has 0 aromatic carbocycles. The summed E-state index contributed by atoms with van der Waals surface area (Å²) in [5.41, 5.74) is 1.11. The van der Waals surface area contributed by atoms with Crippen LogP contribution < -0.4 is 10.9 Å². The molecule has 26 heavy (non-hydrogen) atoms. The molecule has 2 aromatic heterocycles. The van der Waals surface area contributed by atoms with Gasteiger partial charge in [0.2, 0.25) is 5.91 Å². The maximum absolute atomic E-state index is 13.3. The van der Waals surface area contributed by atoms with Crippen LogP contribution in [0.1, 0.15) is 62.4 Å². The van der Waals surface area contributed by atoms with E-state index in [1.165, 1.54) is 11.8 Å². The van der Waals surface area contributed by atoms with Gasteiger partial charge in [0.15, 0.2) is 5.16 Å². The summed E-state index contributed by atoms with van der Waals surface area (Å²) in [5.74, 6) is 0.286. The molecule has 1 N–H and O–H groups in total. The van der Waals surface area contributed by atoms with E-state index in [-0.39, 0.29) is 23.6 Å². The van der Waals surface area contributed by atoms with Crippen molar-refractivity contribution in [3.05, 3.63) is 20.8 Å². The van der Waals surface area contributed by atoms with E-state index in [4.69, 9.17) is 4.98 Å². The Hall–Kier alpha value is -1.34. The molecule has 2 aromatic rings. The minimum Gasteiger partial charge on any atom is -0.353 e. The van der Waals surface area contributed by atoms with Gasteiger partial charge in [-0.05, 0) is 45.6 Å². The van der Waals surface area contributed by atoms with Crippen molar-refractivity contribution < 1.29 is 4.79 Å². The fourth-order valence-electron chi connectivity index (χ4n) is 3.42. The van der Waals surface area contributed by atoms with Crippen molar-refractivity contribution in [1.82, 2.24) is 14.9 Å². The van der Waals surface area contributed by atoms with Crippen LogP contribution in [0.3, 0.4) is 0 Å². The van der Waals surface area contributed by atoms with E-state index in [0.29, 0.717) is 10.9 Å². The number of aromatic nitrogens is 2. The van der Waals surface area contributed by atoms with Crippen molar-refractivity contribution >= 4 is 39.2 Å². The van der Waals surface area contributed by atoms with Crippen LogP contribution in [-0.4, -0.2) is 27.3 Å². The molecular weight excluding hydrogens is 366 g/mol. The molecule has 3 rings (SSSR count). The summed E-state index contributed by atoms with van der Waals surface area (Å²) in [4.78, 5) is 32.2. The number of hydrogen-bond donors (Lipinski definition) is 1. The van der Waals surface area contributed by atoms with E-state index in [2.05, 4.69) is 5.32 Å². The molecule has 0 aliphatic heterocycles. The zero-order valence-corrected chi connectivity index (χ0v) is 17.6. The Morgan fingerprint density at radius 3 is 2.73 bits per heavy atom. The number of amides is 1. The second kappa shape index (κ2) is 8.13. The zero-order chi connectivity index (χ0) is 18.8. The largest absolute Gasteiger partial charge is 0.353 e. The van der Waals surface area contributed by atoms with E-state index < -0.39 is 0 Å². The van der Waals surface area contributed by atoms with Crippen LogP contribution >= 0.6 is 23.1 Å². The van der Waals surface area contributed by atoms with Crippen LogP contribution in [0.5, 0.6) is 0 Å². The first-order valence-electron chi connectivity index (χ1n) is 9.36. The number of nitrogens with one attached hydrogen (secondary N) is 1. The number of fused-ring (bicyclic) bond motifs is 1. The summed E-state index contributed by atoms with van der Waals surface area (Å²) in [6.45, 7) is 8.08. The van der Waals surface area contributed by atoms with Gasteiger partial charge in [-0.15, -0.1) is 11.3 Å². The van der Waals surface area contributed by atoms with Gasteiger partial charge in [0, 0.05) is 17.0 Å². The van der Waals surface area contributed by atoms with Crippen molar-refractivity contribution in [1.29, 1.82) is 0 Å². The van der Waals surface area contributed by atoms with E-state index >= 15 is 0 Å². The lowest BCUT2D eigenvalue weighted by atomic mass is 10.2. The molecule has 7 heteroatoms. The Bertz CT molecular complexity index is 866. The number of rotatable bonds is 6. The molecule has 1 saturated carbocycles. The SMILES string of the molecule is CC[C@H](C)NC(=O)CSc1nc2sc(C)c(C)c2c(=O)n1C1CCCC1. The minimum atomic E-state index is -0.00444. The van der Waals surface area contributed by atoms with Gasteiger partial charge in [-0.3, -0.25) is 14.2 Å². The standard InChI is InChI=1S/C19H27N3O2S2/c1-5-11(2)20-15(23)10-25-19-21-17-16(12(3)13(4)26-17)18(24)22(19)14-8-6-7-9-14/h11,14H,5-10H2,1-4H3,(H,20,23)/t11-/m0/s1. The van der Waals surface area contributed by atoms with Crippen molar-refractivity contribution in [3.8, 4) is 0 Å². The molecule has 0 unspecified atom stereocenters. The first-order chi connectivity index (χ1) is 12.4. The summed E-state index contributed by atoms with van der Waals surface area (Å²) in [6, 6.07) is 0.372. The minimum absolute atomic E-state index is 0.00444. The highest BCUT2D eigenvalue weighted by molar-refractivity contribution is 7.99. The number of nitrogens with zero attached hydrogens (tertiary/aromatic N) is 2. The summed E-state index contributed by atoms with van der Waals surface area (Å²) >= 11 is 2.95. The smallest absolute Gasteiger partial charge is 0.263 e. The van der Waals surface area contributed by atoms with E-state index in [9.17, 15) is 9.59 Å². The lowest BCUT2D eigenvalue weighted by Crippen LogP contribution is -2.33. The lowest BCUT2D eigenvalue weighted by Gasteiger charge is -2.18. The van der Waals surface area contributed by atoms with Crippen molar-refractivity contribution in [2.24, 2.45) is 0 Å². The summed E-state index contributed by atoms with van der Waals surface area (Å²) in [6.07, 6.45) is 5.23. The molecule has 142 valence electrons. The van der Waals surface area contributed by atoms with Gasteiger partial charge >= 0.3 is 0 Å². The predicted molar refractivity (Wildman–Crippen MR) is 109 cm³/mol. The highest BCUT2D eigenvalue weighted by Gasteiger charge is 2.25. The molecule has 1 amide bonds. The van der Waals surface area contributed by atoms with Crippen LogP contribution in [0.4, 0.5) is 0 Å². The molecular formula is C19H27N3O2S2. The van der Waals surface area contributed by atoms with E-state index in [0.717, 1.165) is 52.8 Å². The Morgan fingerprint density at radius 2 is 2.08 bits per heavy atom. The van der Waals surface area contributed by atoms with Gasteiger partial charge in [-0.2, -0.15) is 0 Å². The molecule has 1 fully saturated rings. The lowest BCUT2D eigenvalue weighted by molar-refractivity contribution is -0.119. The third-order valence-electron chi connectivity index (χ3n) is 5.24. The number of thioether (sulfide) groups is 1. The number of thiophene rings is 1. The third kappa shape index (κ3) is 3.83. The van der Waals surface area contributed by atoms with Gasteiger partial charge in [0.25, 0.3) is 5.56 Å². The number of aryl methyl sites for hydroxylation is 2. The van der Waals surface area contributed by atoms with E-state index in [1.54, 1.807) is 11.3 Å². The Kier molecular flexibility index (Phi) is 6.07. The summed E-state index contributed by atoms with van der Waals surface area (Å²) in [5, 5.41) is 4.43. The maximum atomic E-state index is 13.3. The van der Waals surface area contributed by atoms with Crippen LogP contribution in [0.15, 0.2) is 9.95 Å². The quantitative estimate of drug-likeness (QED) is 0.590. The second-order valence-corrected chi connectivity index (χ2v) is 9.28. The number of carbonyl (C=O) groups is 1. The van der Waals surface area contributed by atoms with Crippen LogP contribution in [-0.2, 0) is 4.79 Å². The maximum Gasteiger partial charge on any atom is 0.263 e. The molecule has 0 saturated heterocycles. The highest BCUT2D eigenvalue weighted by atomic mass is 32.2. The van der Waals surface area contributed by atoms with Crippen molar-refractivity contribution in [2.75, 3.05) is 5.75 Å². The van der Waals surface area contributed by atoms with Crippen molar-refractivity contribution in [2.45, 2.75) is 77.0 Å². The van der Waals surface area contributed by atoms with Gasteiger partial charge in [-0.25, -0.2) is 4.98 Å². The Balaban J connectivity index is 1.96. The van der Waals surface area contributed by atoms with Crippen LogP contribution in [0.25, 0.3) is 10.2 Å². The molecule has 2 heterocycles.